The van der Waals surface area contributed by atoms with E-state index in [4.69, 9.17) is 4.84 Å². The van der Waals surface area contributed by atoms with Crippen LogP contribution in [-0.4, -0.2) is 17.5 Å². The van der Waals surface area contributed by atoms with Gasteiger partial charge < -0.3 is 4.84 Å². The molecule has 4 nitrogen and oxygen atoms in total. The van der Waals surface area contributed by atoms with Crippen LogP contribution in [0, 0.1) is 11.8 Å². The molecular weight excluding hydrogens is 326 g/mol. The lowest BCUT2D eigenvalue weighted by Crippen LogP contribution is -2.36. The Labute approximate surface area is 152 Å². The second-order valence-electron chi connectivity index (χ2n) is 6.99. The van der Waals surface area contributed by atoms with Gasteiger partial charge in [0.25, 0.3) is 0 Å². The summed E-state index contributed by atoms with van der Waals surface area (Å²) in [5.74, 6) is -1.08. The Kier molecular flexibility index (Phi) is 4.65. The van der Waals surface area contributed by atoms with Crippen LogP contribution in [0.3, 0.4) is 0 Å². The van der Waals surface area contributed by atoms with Gasteiger partial charge in [-0.3, -0.25) is 4.79 Å². The smallest absolute Gasteiger partial charge is 0.317 e. The Morgan fingerprint density at radius 2 is 1.62 bits per heavy atom. The summed E-state index contributed by atoms with van der Waals surface area (Å²) in [6.45, 7) is 0. The van der Waals surface area contributed by atoms with Gasteiger partial charge in [-0.05, 0) is 18.4 Å². The molecule has 132 valence electrons. The van der Waals surface area contributed by atoms with E-state index >= 15 is 0 Å². The first kappa shape index (κ1) is 16.7. The highest BCUT2D eigenvalue weighted by Crippen LogP contribution is 2.42. The Morgan fingerprint density at radius 3 is 2.31 bits per heavy atom. The van der Waals surface area contributed by atoms with E-state index in [9.17, 15) is 9.59 Å². The Balaban J connectivity index is 1.78. The maximum absolute atomic E-state index is 12.7. The summed E-state index contributed by atoms with van der Waals surface area (Å²) in [7, 11) is 0. The molecule has 3 atom stereocenters. The minimum absolute atomic E-state index is 0.171. The maximum atomic E-state index is 12.7. The molecule has 2 aromatic rings. The van der Waals surface area contributed by atoms with E-state index < -0.39 is 5.92 Å². The third-order valence-electron chi connectivity index (χ3n) is 5.43. The van der Waals surface area contributed by atoms with Crippen molar-refractivity contribution in [3.63, 3.8) is 0 Å². The first-order chi connectivity index (χ1) is 12.8. The fourth-order valence-electron chi connectivity index (χ4n) is 4.20. The lowest BCUT2D eigenvalue weighted by Gasteiger charge is -2.32. The highest BCUT2D eigenvalue weighted by molar-refractivity contribution is 6.15. The van der Waals surface area contributed by atoms with Gasteiger partial charge >= 0.3 is 5.97 Å². The number of benzene rings is 2. The molecule has 1 saturated carbocycles. The van der Waals surface area contributed by atoms with E-state index in [0.29, 0.717) is 12.1 Å². The monoisotopic (exact) mass is 347 g/mol. The van der Waals surface area contributed by atoms with Gasteiger partial charge in [-0.1, -0.05) is 72.2 Å². The molecule has 4 rings (SSSR count). The number of carbonyl (C=O) groups excluding carboxylic acids is 2. The van der Waals surface area contributed by atoms with Crippen LogP contribution in [-0.2, 0) is 14.4 Å². The average Bonchev–Trinajstić information content (AvgIpc) is 3.07. The van der Waals surface area contributed by atoms with Gasteiger partial charge in [-0.25, -0.2) is 4.79 Å². The van der Waals surface area contributed by atoms with Crippen molar-refractivity contribution in [3.05, 3.63) is 71.8 Å². The number of nitrogens with zero attached hydrogens (tertiary/aromatic N) is 1. The number of Topliss-reactive ketones (excluding diaryl/α,β-unsaturated/α-hetero) is 1. The second-order valence-corrected chi connectivity index (χ2v) is 6.99. The summed E-state index contributed by atoms with van der Waals surface area (Å²) in [6.07, 6.45) is 3.35. The van der Waals surface area contributed by atoms with Crippen LogP contribution >= 0.6 is 0 Å². The van der Waals surface area contributed by atoms with Crippen molar-refractivity contribution >= 4 is 17.5 Å². The standard InChI is InChI=1S/C22H21NO3/c24-18-14-8-7-13-17(18)19(15-9-3-1-4-10-15)20-21(23-26-22(20)25)16-11-5-2-6-12-16/h1-6,9-12,17,19-20H,7-8,13-14H2/t17-,19+,20-/m1/s1. The van der Waals surface area contributed by atoms with Crippen molar-refractivity contribution in [2.75, 3.05) is 0 Å². The SMILES string of the molecule is O=C1ON=C(c2ccccc2)[C@H]1[C@@H](c1ccccc1)[C@@H]1CCCCC1=O. The van der Waals surface area contributed by atoms with Crippen molar-refractivity contribution < 1.29 is 14.4 Å². The molecule has 0 unspecified atom stereocenters. The quantitative estimate of drug-likeness (QED) is 0.782. The molecular formula is C22H21NO3. The fourth-order valence-corrected chi connectivity index (χ4v) is 4.20. The predicted molar refractivity (Wildman–Crippen MR) is 98.7 cm³/mol. The molecule has 2 aromatic carbocycles. The summed E-state index contributed by atoms with van der Waals surface area (Å²) < 4.78 is 0. The van der Waals surface area contributed by atoms with E-state index in [-0.39, 0.29) is 23.6 Å². The van der Waals surface area contributed by atoms with Crippen LogP contribution in [0.2, 0.25) is 0 Å². The van der Waals surface area contributed by atoms with Gasteiger partial charge in [-0.15, -0.1) is 0 Å². The van der Waals surface area contributed by atoms with Gasteiger partial charge in [0.1, 0.15) is 17.4 Å². The topological polar surface area (TPSA) is 55.7 Å². The first-order valence-electron chi connectivity index (χ1n) is 9.17. The van der Waals surface area contributed by atoms with Gasteiger partial charge in [0, 0.05) is 23.8 Å². The van der Waals surface area contributed by atoms with Gasteiger partial charge in [0.15, 0.2) is 0 Å². The van der Waals surface area contributed by atoms with Crippen LogP contribution in [0.4, 0.5) is 0 Å². The van der Waals surface area contributed by atoms with Crippen LogP contribution in [0.15, 0.2) is 65.8 Å². The first-order valence-corrected chi connectivity index (χ1v) is 9.17. The molecule has 1 aliphatic carbocycles. The van der Waals surface area contributed by atoms with Crippen LogP contribution < -0.4 is 0 Å². The third kappa shape index (κ3) is 3.07. The lowest BCUT2D eigenvalue weighted by molar-refractivity contribution is -0.144. The number of hydrogen-bond acceptors (Lipinski definition) is 4. The van der Waals surface area contributed by atoms with Crippen molar-refractivity contribution in [1.29, 1.82) is 0 Å². The van der Waals surface area contributed by atoms with Crippen LogP contribution in [0.5, 0.6) is 0 Å². The Morgan fingerprint density at radius 1 is 0.923 bits per heavy atom. The molecule has 0 saturated heterocycles. The van der Waals surface area contributed by atoms with E-state index in [1.54, 1.807) is 0 Å². The normalized spacial score (nSPS) is 24.1. The van der Waals surface area contributed by atoms with Crippen molar-refractivity contribution in [3.8, 4) is 0 Å². The summed E-state index contributed by atoms with van der Waals surface area (Å²) in [5.41, 5.74) is 2.50. The maximum Gasteiger partial charge on any atom is 0.344 e. The van der Waals surface area contributed by atoms with Crippen molar-refractivity contribution in [1.82, 2.24) is 0 Å². The van der Waals surface area contributed by atoms with E-state index in [2.05, 4.69) is 5.16 Å². The molecule has 1 aliphatic heterocycles. The molecule has 0 N–H and O–H groups in total. The summed E-state index contributed by atoms with van der Waals surface area (Å²) in [5, 5.41) is 4.09. The predicted octanol–water partition coefficient (Wildman–Crippen LogP) is 4.11. The molecule has 4 heteroatoms. The van der Waals surface area contributed by atoms with Gasteiger partial charge in [0.2, 0.25) is 0 Å². The summed E-state index contributed by atoms with van der Waals surface area (Å²) >= 11 is 0. The Bertz CT molecular complexity index is 829. The van der Waals surface area contributed by atoms with E-state index in [0.717, 1.165) is 30.4 Å². The highest BCUT2D eigenvalue weighted by atomic mass is 16.7. The van der Waals surface area contributed by atoms with Crippen molar-refractivity contribution in [2.24, 2.45) is 17.0 Å². The zero-order valence-corrected chi connectivity index (χ0v) is 14.5. The number of hydrogen-bond donors (Lipinski definition) is 0. The van der Waals surface area contributed by atoms with Gasteiger partial charge in [-0.2, -0.15) is 0 Å². The average molecular weight is 347 g/mol. The van der Waals surface area contributed by atoms with E-state index in [1.807, 2.05) is 60.7 Å². The number of carbonyl (C=O) groups is 2. The molecule has 26 heavy (non-hydrogen) atoms. The second kappa shape index (κ2) is 7.24. The largest absolute Gasteiger partial charge is 0.344 e. The number of rotatable bonds is 4. The van der Waals surface area contributed by atoms with Gasteiger partial charge in [0.05, 0.1) is 0 Å². The highest BCUT2D eigenvalue weighted by Gasteiger charge is 2.46. The van der Waals surface area contributed by atoms with Crippen LogP contribution in [0.25, 0.3) is 0 Å². The summed E-state index contributed by atoms with van der Waals surface area (Å²) in [4.78, 5) is 30.5. The van der Waals surface area contributed by atoms with Crippen LogP contribution in [0.1, 0.15) is 42.7 Å². The molecule has 0 amide bonds. The molecule has 2 aliphatic rings. The Hall–Kier alpha value is -2.75. The third-order valence-corrected chi connectivity index (χ3v) is 5.43. The van der Waals surface area contributed by atoms with E-state index in [1.165, 1.54) is 0 Å². The lowest BCUT2D eigenvalue weighted by atomic mass is 9.68. The minimum Gasteiger partial charge on any atom is -0.317 e. The summed E-state index contributed by atoms with van der Waals surface area (Å²) in [6, 6.07) is 19.5. The fraction of sp³-hybridized carbons (Fsp3) is 0.318. The molecule has 1 heterocycles. The molecule has 0 aromatic heterocycles. The number of oxime groups is 1. The molecule has 0 bridgehead atoms. The van der Waals surface area contributed by atoms with Crippen molar-refractivity contribution in [2.45, 2.75) is 31.6 Å². The zero-order chi connectivity index (χ0) is 17.9. The minimum atomic E-state index is -0.549. The number of ketones is 1. The molecule has 0 radical (unpaired) electrons. The zero-order valence-electron chi connectivity index (χ0n) is 14.5. The molecule has 0 spiro atoms. The molecule has 1 fully saturated rings.